The maximum atomic E-state index is 6.09. The summed E-state index contributed by atoms with van der Waals surface area (Å²) in [4.78, 5) is 10.0. The van der Waals surface area contributed by atoms with Crippen LogP contribution in [0.4, 0.5) is 11.5 Å². The Bertz CT molecular complexity index is 608. The van der Waals surface area contributed by atoms with Gasteiger partial charge in [-0.25, -0.2) is 9.97 Å². The predicted octanol–water partition coefficient (Wildman–Crippen LogP) is 4.89. The van der Waals surface area contributed by atoms with E-state index in [1.165, 1.54) is 4.90 Å². The summed E-state index contributed by atoms with van der Waals surface area (Å²) < 4.78 is 0. The summed E-state index contributed by atoms with van der Waals surface area (Å²) in [6.07, 6.45) is 2.05. The monoisotopic (exact) mass is 307 g/mol. The SMILES string of the molecule is CSc1cccc(Nc2cc(Cl)nc(C(C)(C)C)n2)c1. The average Bonchev–Trinajstić information content (AvgIpc) is 2.37. The van der Waals surface area contributed by atoms with Gasteiger partial charge in [0.05, 0.1) is 0 Å². The van der Waals surface area contributed by atoms with Gasteiger partial charge in [0.1, 0.15) is 16.8 Å². The third kappa shape index (κ3) is 3.87. The van der Waals surface area contributed by atoms with Gasteiger partial charge in [-0.15, -0.1) is 11.8 Å². The average molecular weight is 308 g/mol. The van der Waals surface area contributed by atoms with Crippen molar-refractivity contribution >= 4 is 34.9 Å². The summed E-state index contributed by atoms with van der Waals surface area (Å²) in [6.45, 7) is 6.20. The van der Waals surface area contributed by atoms with Crippen molar-refractivity contribution in [2.45, 2.75) is 31.1 Å². The molecule has 0 fully saturated rings. The highest BCUT2D eigenvalue weighted by atomic mass is 35.5. The van der Waals surface area contributed by atoms with Gasteiger partial charge in [0, 0.05) is 22.1 Å². The molecule has 0 bridgehead atoms. The topological polar surface area (TPSA) is 37.8 Å². The molecule has 0 aliphatic rings. The molecule has 0 saturated heterocycles. The molecule has 0 atom stereocenters. The molecule has 3 nitrogen and oxygen atoms in total. The second kappa shape index (κ2) is 6.02. The van der Waals surface area contributed by atoms with Crippen molar-refractivity contribution in [2.75, 3.05) is 11.6 Å². The summed E-state index contributed by atoms with van der Waals surface area (Å²) in [5, 5.41) is 3.74. The summed E-state index contributed by atoms with van der Waals surface area (Å²) in [5.74, 6) is 1.45. The Labute approximate surface area is 129 Å². The lowest BCUT2D eigenvalue weighted by atomic mass is 9.96. The van der Waals surface area contributed by atoms with Crippen LogP contribution in [0.25, 0.3) is 0 Å². The highest BCUT2D eigenvalue weighted by Crippen LogP contribution is 2.25. The fourth-order valence-corrected chi connectivity index (χ4v) is 2.31. The number of hydrogen-bond acceptors (Lipinski definition) is 4. The third-order valence-electron chi connectivity index (χ3n) is 2.71. The smallest absolute Gasteiger partial charge is 0.137 e. The van der Waals surface area contributed by atoms with Crippen molar-refractivity contribution in [3.63, 3.8) is 0 Å². The van der Waals surface area contributed by atoms with Crippen molar-refractivity contribution in [1.29, 1.82) is 0 Å². The Morgan fingerprint density at radius 3 is 2.55 bits per heavy atom. The van der Waals surface area contributed by atoms with Gasteiger partial charge in [-0.3, -0.25) is 0 Å². The van der Waals surface area contributed by atoms with Crippen LogP contribution >= 0.6 is 23.4 Å². The molecule has 0 saturated carbocycles. The molecule has 2 aromatic rings. The van der Waals surface area contributed by atoms with E-state index in [4.69, 9.17) is 11.6 Å². The van der Waals surface area contributed by atoms with Crippen molar-refractivity contribution < 1.29 is 0 Å². The van der Waals surface area contributed by atoms with Crippen LogP contribution in [0, 0.1) is 0 Å². The standard InChI is InChI=1S/C15H18ClN3S/c1-15(2,3)14-18-12(16)9-13(19-14)17-10-6-5-7-11(8-10)20-4/h5-9H,1-4H3,(H,17,18,19). The van der Waals surface area contributed by atoms with E-state index in [0.29, 0.717) is 11.0 Å². The Balaban J connectivity index is 2.31. The molecule has 2 rings (SSSR count). The van der Waals surface area contributed by atoms with Gasteiger partial charge in [-0.05, 0) is 24.5 Å². The first-order valence-electron chi connectivity index (χ1n) is 6.34. The summed E-state index contributed by atoms with van der Waals surface area (Å²) >= 11 is 7.79. The second-order valence-corrected chi connectivity index (χ2v) is 6.77. The molecule has 0 unspecified atom stereocenters. The first kappa shape index (κ1) is 15.1. The van der Waals surface area contributed by atoms with Gasteiger partial charge in [0.2, 0.25) is 0 Å². The Hall–Kier alpha value is -1.26. The molecule has 0 radical (unpaired) electrons. The fourth-order valence-electron chi connectivity index (χ4n) is 1.67. The van der Waals surface area contributed by atoms with Crippen molar-refractivity contribution in [3.8, 4) is 0 Å². The first-order valence-corrected chi connectivity index (χ1v) is 7.95. The second-order valence-electron chi connectivity index (χ2n) is 5.51. The number of hydrogen-bond donors (Lipinski definition) is 1. The van der Waals surface area contributed by atoms with Crippen LogP contribution in [0.1, 0.15) is 26.6 Å². The number of aromatic nitrogens is 2. The van der Waals surface area contributed by atoms with Gasteiger partial charge < -0.3 is 5.32 Å². The summed E-state index contributed by atoms with van der Waals surface area (Å²) in [5.41, 5.74) is 0.856. The Morgan fingerprint density at radius 1 is 1.15 bits per heavy atom. The lowest BCUT2D eigenvalue weighted by Gasteiger charge is -2.18. The van der Waals surface area contributed by atoms with Crippen molar-refractivity contribution in [3.05, 3.63) is 41.3 Å². The molecule has 5 heteroatoms. The molecule has 0 spiro atoms. The third-order valence-corrected chi connectivity index (χ3v) is 3.63. The Morgan fingerprint density at radius 2 is 1.90 bits per heavy atom. The van der Waals surface area contributed by atoms with Crippen LogP contribution < -0.4 is 5.32 Å². The molecule has 1 aromatic heterocycles. The van der Waals surface area contributed by atoms with E-state index >= 15 is 0 Å². The van der Waals surface area contributed by atoms with E-state index in [1.807, 2.05) is 12.1 Å². The van der Waals surface area contributed by atoms with Gasteiger partial charge >= 0.3 is 0 Å². The fraction of sp³-hybridized carbons (Fsp3) is 0.333. The van der Waals surface area contributed by atoms with Crippen molar-refractivity contribution in [1.82, 2.24) is 9.97 Å². The van der Waals surface area contributed by atoms with Crippen LogP contribution in [0.5, 0.6) is 0 Å². The normalized spacial score (nSPS) is 11.4. The largest absolute Gasteiger partial charge is 0.340 e. The number of rotatable bonds is 3. The van der Waals surface area contributed by atoms with Gasteiger partial charge in [0.15, 0.2) is 0 Å². The lowest BCUT2D eigenvalue weighted by molar-refractivity contribution is 0.546. The molecule has 1 heterocycles. The first-order chi connectivity index (χ1) is 9.38. The minimum atomic E-state index is -0.136. The Kier molecular flexibility index (Phi) is 4.55. The molecular weight excluding hydrogens is 290 g/mol. The number of nitrogens with one attached hydrogen (secondary N) is 1. The summed E-state index contributed by atoms with van der Waals surface area (Å²) in [7, 11) is 0. The van der Waals surface area contributed by atoms with Crippen LogP contribution in [-0.4, -0.2) is 16.2 Å². The predicted molar refractivity (Wildman–Crippen MR) is 87.2 cm³/mol. The molecule has 0 aliphatic heterocycles. The lowest BCUT2D eigenvalue weighted by Crippen LogP contribution is -2.16. The van der Waals surface area contributed by atoms with E-state index in [0.717, 1.165) is 11.5 Å². The van der Waals surface area contributed by atoms with E-state index < -0.39 is 0 Å². The van der Waals surface area contributed by atoms with E-state index in [1.54, 1.807) is 17.8 Å². The molecule has 106 valence electrons. The summed E-state index contributed by atoms with van der Waals surface area (Å²) in [6, 6.07) is 9.91. The minimum Gasteiger partial charge on any atom is -0.340 e. The maximum absolute atomic E-state index is 6.09. The van der Waals surface area contributed by atoms with Gasteiger partial charge in [0.25, 0.3) is 0 Å². The molecule has 1 aromatic carbocycles. The molecule has 20 heavy (non-hydrogen) atoms. The van der Waals surface area contributed by atoms with Crippen LogP contribution in [0.2, 0.25) is 5.15 Å². The van der Waals surface area contributed by atoms with Crippen molar-refractivity contribution in [2.24, 2.45) is 0 Å². The zero-order valence-corrected chi connectivity index (χ0v) is 13.6. The maximum Gasteiger partial charge on any atom is 0.137 e. The van der Waals surface area contributed by atoms with E-state index in [2.05, 4.69) is 54.4 Å². The van der Waals surface area contributed by atoms with Crippen LogP contribution in [0.15, 0.2) is 35.2 Å². The van der Waals surface area contributed by atoms with E-state index in [-0.39, 0.29) is 5.41 Å². The highest BCUT2D eigenvalue weighted by Gasteiger charge is 2.18. The van der Waals surface area contributed by atoms with Crippen LogP contribution in [0.3, 0.4) is 0 Å². The van der Waals surface area contributed by atoms with Gasteiger partial charge in [-0.1, -0.05) is 38.4 Å². The highest BCUT2D eigenvalue weighted by molar-refractivity contribution is 7.98. The number of benzene rings is 1. The minimum absolute atomic E-state index is 0.136. The number of thioether (sulfide) groups is 1. The molecule has 0 aliphatic carbocycles. The van der Waals surface area contributed by atoms with E-state index in [9.17, 15) is 0 Å². The number of nitrogens with zero attached hydrogens (tertiary/aromatic N) is 2. The quantitative estimate of drug-likeness (QED) is 0.647. The molecule has 1 N–H and O–H groups in total. The molecular formula is C15H18ClN3S. The molecule has 0 amide bonds. The number of anilines is 2. The van der Waals surface area contributed by atoms with Crippen LogP contribution in [-0.2, 0) is 5.41 Å². The number of halogens is 1. The van der Waals surface area contributed by atoms with Gasteiger partial charge in [-0.2, -0.15) is 0 Å². The zero-order chi connectivity index (χ0) is 14.8. The zero-order valence-electron chi connectivity index (χ0n) is 12.1.